The third-order valence-electron chi connectivity index (χ3n) is 2.35. The van der Waals surface area contributed by atoms with Crippen LogP contribution in [0, 0.1) is 0 Å². The lowest BCUT2D eigenvalue weighted by Gasteiger charge is -2.24. The first kappa shape index (κ1) is 21.6. The maximum Gasteiger partial charge on any atom is 0.481 e. The van der Waals surface area contributed by atoms with Crippen LogP contribution in [0.25, 0.3) is 0 Å². The molecule has 22 heavy (non-hydrogen) atoms. The van der Waals surface area contributed by atoms with Gasteiger partial charge < -0.3 is 30.0 Å². The Labute approximate surface area is 126 Å². The number of hydrogen-bond donors (Lipinski definition) is 6. The van der Waals surface area contributed by atoms with Crippen molar-refractivity contribution in [1.82, 2.24) is 0 Å². The Hall–Kier alpha value is -0.350. The van der Waals surface area contributed by atoms with E-state index in [1.165, 1.54) is 6.92 Å². The molecular weight excluding hydrogens is 346 g/mol. The molecule has 0 radical (unpaired) electrons. The maximum absolute atomic E-state index is 11.1. The lowest BCUT2D eigenvalue weighted by atomic mass is 9.93. The van der Waals surface area contributed by atoms with Gasteiger partial charge in [0.2, 0.25) is 0 Å². The fourth-order valence-corrected chi connectivity index (χ4v) is 3.29. The zero-order valence-electron chi connectivity index (χ0n) is 11.7. The van der Waals surface area contributed by atoms with E-state index < -0.39 is 46.3 Å². The van der Waals surface area contributed by atoms with Gasteiger partial charge in [-0.05, 0) is 19.8 Å². The maximum atomic E-state index is 11.1. The highest BCUT2D eigenvalue weighted by Crippen LogP contribution is 2.57. The molecule has 11 nitrogen and oxygen atoms in total. The molecule has 0 aliphatic heterocycles. The monoisotopic (exact) mass is 366 g/mol. The summed E-state index contributed by atoms with van der Waals surface area (Å²) in [6, 6.07) is 0. The van der Waals surface area contributed by atoms with Gasteiger partial charge in [-0.1, -0.05) is 0 Å². The number of carboxylic acids is 1. The number of aliphatic hydroxyl groups excluding tert-OH is 1. The topological polar surface area (TPSA) is 191 Å². The van der Waals surface area contributed by atoms with Crippen LogP contribution in [0.3, 0.4) is 0 Å². The molecule has 0 saturated heterocycles. The first-order valence-corrected chi connectivity index (χ1v) is 9.11. The van der Waals surface area contributed by atoms with Gasteiger partial charge in [-0.3, -0.25) is 9.32 Å². The van der Waals surface area contributed by atoms with Crippen molar-refractivity contribution < 1.29 is 52.8 Å². The standard InChI is InChI=1S/C9H20O11P2/c1-9(13,6-8(11)12)5-7(10)3-2-4-19-22(17,18)20-21(14,15)16/h7,10,13H,2-6H2,1H3,(H,11,12)(H,17,18)(H2,14,15,16). The summed E-state index contributed by atoms with van der Waals surface area (Å²) < 4.78 is 29.3. The van der Waals surface area contributed by atoms with Gasteiger partial charge >= 0.3 is 21.6 Å². The van der Waals surface area contributed by atoms with E-state index in [9.17, 15) is 24.1 Å². The molecule has 0 amide bonds. The van der Waals surface area contributed by atoms with E-state index in [4.69, 9.17) is 19.8 Å². The van der Waals surface area contributed by atoms with Crippen LogP contribution in [0.4, 0.5) is 0 Å². The lowest BCUT2D eigenvalue weighted by molar-refractivity contribution is -0.142. The Bertz CT molecular complexity index is 456. The van der Waals surface area contributed by atoms with Crippen molar-refractivity contribution in [3.63, 3.8) is 0 Å². The second-order valence-electron chi connectivity index (χ2n) is 4.94. The van der Waals surface area contributed by atoms with Crippen LogP contribution in [0.15, 0.2) is 0 Å². The number of carboxylic acid groups (broad SMARTS) is 1. The van der Waals surface area contributed by atoms with Crippen LogP contribution in [-0.4, -0.2) is 54.3 Å². The quantitative estimate of drug-likeness (QED) is 0.212. The predicted molar refractivity (Wildman–Crippen MR) is 71.6 cm³/mol. The molecule has 0 aliphatic carbocycles. The Balaban J connectivity index is 4.08. The minimum Gasteiger partial charge on any atom is -0.481 e. The highest BCUT2D eigenvalue weighted by Gasteiger charge is 2.32. The van der Waals surface area contributed by atoms with Crippen molar-refractivity contribution in [3.05, 3.63) is 0 Å². The Morgan fingerprint density at radius 1 is 1.27 bits per heavy atom. The molecule has 3 atom stereocenters. The Kier molecular flexibility index (Phi) is 8.35. The van der Waals surface area contributed by atoms with E-state index in [0.29, 0.717) is 0 Å². The fraction of sp³-hybridized carbons (Fsp3) is 0.889. The first-order valence-electron chi connectivity index (χ1n) is 6.09. The molecule has 0 spiro atoms. The molecule has 0 aromatic carbocycles. The number of rotatable bonds is 11. The molecule has 0 rings (SSSR count). The van der Waals surface area contributed by atoms with Gasteiger partial charge in [0.1, 0.15) is 0 Å². The minimum atomic E-state index is -5.17. The van der Waals surface area contributed by atoms with Crippen LogP contribution >= 0.6 is 15.6 Å². The van der Waals surface area contributed by atoms with Crippen LogP contribution in [0.5, 0.6) is 0 Å². The van der Waals surface area contributed by atoms with Crippen molar-refractivity contribution >= 4 is 21.6 Å². The summed E-state index contributed by atoms with van der Waals surface area (Å²) in [5.74, 6) is -1.23. The molecule has 6 N–H and O–H groups in total. The number of phosphoric acid groups is 2. The zero-order valence-corrected chi connectivity index (χ0v) is 13.5. The van der Waals surface area contributed by atoms with Gasteiger partial charge in [-0.2, -0.15) is 4.31 Å². The van der Waals surface area contributed by atoms with E-state index in [0.717, 1.165) is 0 Å². The fourth-order valence-electron chi connectivity index (χ4n) is 1.66. The van der Waals surface area contributed by atoms with Crippen molar-refractivity contribution in [1.29, 1.82) is 0 Å². The van der Waals surface area contributed by atoms with E-state index in [-0.39, 0.29) is 19.3 Å². The number of aliphatic hydroxyl groups is 2. The zero-order chi connectivity index (χ0) is 17.6. The van der Waals surface area contributed by atoms with Gasteiger partial charge in [0, 0.05) is 6.42 Å². The molecular formula is C9H20O11P2. The minimum absolute atomic E-state index is 0.00563. The van der Waals surface area contributed by atoms with Crippen LogP contribution < -0.4 is 0 Å². The summed E-state index contributed by atoms with van der Waals surface area (Å²) in [5, 5.41) is 27.9. The van der Waals surface area contributed by atoms with Crippen molar-refractivity contribution in [2.45, 2.75) is 44.3 Å². The SMILES string of the molecule is CC(O)(CC(=O)O)CC(O)CCCOP(=O)(O)OP(=O)(O)O. The molecule has 0 aromatic heterocycles. The molecule has 3 unspecified atom stereocenters. The molecule has 132 valence electrons. The number of aliphatic carboxylic acids is 1. The van der Waals surface area contributed by atoms with E-state index >= 15 is 0 Å². The molecule has 13 heteroatoms. The Morgan fingerprint density at radius 3 is 2.27 bits per heavy atom. The lowest BCUT2D eigenvalue weighted by Crippen LogP contribution is -2.32. The van der Waals surface area contributed by atoms with Crippen molar-refractivity contribution in [3.8, 4) is 0 Å². The van der Waals surface area contributed by atoms with Gasteiger partial charge in [0.15, 0.2) is 0 Å². The molecule has 0 saturated carbocycles. The summed E-state index contributed by atoms with van der Waals surface area (Å²) in [5.41, 5.74) is -1.61. The van der Waals surface area contributed by atoms with Crippen LogP contribution in [0.1, 0.15) is 32.6 Å². The van der Waals surface area contributed by atoms with Crippen LogP contribution in [0.2, 0.25) is 0 Å². The normalized spacial score (nSPS) is 19.2. The van der Waals surface area contributed by atoms with E-state index in [2.05, 4.69) is 8.83 Å². The average molecular weight is 366 g/mol. The van der Waals surface area contributed by atoms with Gasteiger partial charge in [0.25, 0.3) is 0 Å². The largest absolute Gasteiger partial charge is 0.481 e. The van der Waals surface area contributed by atoms with Gasteiger partial charge in [0.05, 0.1) is 24.7 Å². The smallest absolute Gasteiger partial charge is 0.481 e. The Morgan fingerprint density at radius 2 is 1.82 bits per heavy atom. The summed E-state index contributed by atoms with van der Waals surface area (Å²) in [4.78, 5) is 36.2. The summed E-state index contributed by atoms with van der Waals surface area (Å²) in [7, 11) is -10.1. The third kappa shape index (κ3) is 12.2. The summed E-state index contributed by atoms with van der Waals surface area (Å²) in [6.07, 6.45) is -1.85. The second kappa shape index (κ2) is 8.49. The summed E-state index contributed by atoms with van der Waals surface area (Å²) in [6.45, 7) is 0.808. The predicted octanol–water partition coefficient (Wildman–Crippen LogP) is -0.0304. The number of hydrogen-bond acceptors (Lipinski definition) is 7. The van der Waals surface area contributed by atoms with Crippen molar-refractivity contribution in [2.24, 2.45) is 0 Å². The highest BCUT2D eigenvalue weighted by molar-refractivity contribution is 7.60. The van der Waals surface area contributed by atoms with Gasteiger partial charge in [-0.15, -0.1) is 0 Å². The number of phosphoric ester groups is 1. The molecule has 0 aliphatic rings. The molecule has 0 aromatic rings. The van der Waals surface area contributed by atoms with Crippen LogP contribution in [-0.2, 0) is 22.8 Å². The second-order valence-corrected chi connectivity index (χ2v) is 7.77. The molecule has 0 bridgehead atoms. The summed E-state index contributed by atoms with van der Waals surface area (Å²) >= 11 is 0. The van der Waals surface area contributed by atoms with E-state index in [1.54, 1.807) is 0 Å². The first-order chi connectivity index (χ1) is 9.72. The van der Waals surface area contributed by atoms with Gasteiger partial charge in [-0.25, -0.2) is 9.13 Å². The third-order valence-corrected chi connectivity index (χ3v) is 4.54. The average Bonchev–Trinajstić information content (AvgIpc) is 2.17. The number of carbonyl (C=O) groups is 1. The molecule has 0 heterocycles. The van der Waals surface area contributed by atoms with Crippen molar-refractivity contribution in [2.75, 3.05) is 6.61 Å². The van der Waals surface area contributed by atoms with E-state index in [1.807, 2.05) is 0 Å². The molecule has 0 fully saturated rings. The highest BCUT2D eigenvalue weighted by atomic mass is 31.3.